The van der Waals surface area contributed by atoms with Gasteiger partial charge in [-0.05, 0) is 41.9 Å². The van der Waals surface area contributed by atoms with E-state index in [4.69, 9.17) is 0 Å². The number of nitrogens with one attached hydrogen (secondary N) is 1. The van der Waals surface area contributed by atoms with Crippen LogP contribution in [0.5, 0.6) is 0 Å². The molecule has 3 rings (SSSR count). The van der Waals surface area contributed by atoms with Crippen molar-refractivity contribution in [1.29, 1.82) is 0 Å². The lowest BCUT2D eigenvalue weighted by Crippen LogP contribution is -2.20. The van der Waals surface area contributed by atoms with Crippen LogP contribution >= 0.6 is 0 Å². The fourth-order valence-electron chi connectivity index (χ4n) is 2.85. The summed E-state index contributed by atoms with van der Waals surface area (Å²) in [6.45, 7) is 2.12. The van der Waals surface area contributed by atoms with Crippen molar-refractivity contribution in [3.8, 4) is 0 Å². The van der Waals surface area contributed by atoms with E-state index in [1.54, 1.807) is 0 Å². The fraction of sp³-hybridized carbons (Fsp3) is 0.211. The highest BCUT2D eigenvalue weighted by Gasteiger charge is 2.14. The summed E-state index contributed by atoms with van der Waals surface area (Å²) >= 11 is 0. The van der Waals surface area contributed by atoms with Crippen LogP contribution in [-0.2, 0) is 6.42 Å². The van der Waals surface area contributed by atoms with Gasteiger partial charge in [-0.15, -0.1) is 0 Å². The highest BCUT2D eigenvalue weighted by atomic mass is 14.9. The molecule has 0 radical (unpaired) electrons. The number of nitrogens with zero attached hydrogens (tertiary/aromatic N) is 1. The number of likely N-dealkylation sites (N-methyl/N-ethyl adjacent to an activating group) is 1. The maximum Gasteiger partial charge on any atom is 0.0451 e. The maximum atomic E-state index is 4.53. The monoisotopic (exact) mass is 276 g/mol. The Morgan fingerprint density at radius 1 is 1.00 bits per heavy atom. The molecule has 0 aliphatic carbocycles. The molecule has 0 saturated carbocycles. The third kappa shape index (κ3) is 2.81. The molecule has 1 heterocycles. The van der Waals surface area contributed by atoms with Gasteiger partial charge in [-0.1, -0.05) is 48.5 Å². The largest absolute Gasteiger partial charge is 0.313 e. The number of fused-ring (bicyclic) bond motifs is 1. The second-order valence-electron chi connectivity index (χ2n) is 5.38. The third-order valence-corrected chi connectivity index (χ3v) is 4.06. The van der Waals surface area contributed by atoms with Crippen LogP contribution in [0.15, 0.2) is 60.8 Å². The molecule has 1 N–H and O–H groups in total. The number of aromatic nitrogens is 1. The summed E-state index contributed by atoms with van der Waals surface area (Å²) in [4.78, 5) is 4.53. The van der Waals surface area contributed by atoms with E-state index in [1.807, 2.05) is 19.3 Å². The molecule has 2 heteroatoms. The highest BCUT2D eigenvalue weighted by molar-refractivity contribution is 5.86. The summed E-state index contributed by atoms with van der Waals surface area (Å²) in [5.74, 6) is 0. The normalized spacial score (nSPS) is 12.5. The molecule has 3 aromatic rings. The number of pyridine rings is 1. The van der Waals surface area contributed by atoms with Gasteiger partial charge in [-0.3, -0.25) is 4.98 Å². The molecule has 106 valence electrons. The first kappa shape index (κ1) is 13.8. The topological polar surface area (TPSA) is 24.9 Å². The Hall–Kier alpha value is -2.19. The Kier molecular flexibility index (Phi) is 3.98. The fourth-order valence-corrected chi connectivity index (χ4v) is 2.85. The first-order valence-electron chi connectivity index (χ1n) is 7.35. The Morgan fingerprint density at radius 3 is 2.62 bits per heavy atom. The molecule has 1 aromatic heterocycles. The van der Waals surface area contributed by atoms with E-state index < -0.39 is 0 Å². The molecule has 2 nitrogen and oxygen atoms in total. The predicted octanol–water partition coefficient (Wildman–Crippen LogP) is 4.05. The van der Waals surface area contributed by atoms with Crippen molar-refractivity contribution in [2.24, 2.45) is 0 Å². The Bertz CT molecular complexity index is 744. The van der Waals surface area contributed by atoms with Crippen molar-refractivity contribution >= 4 is 10.8 Å². The molecule has 1 unspecified atom stereocenters. The van der Waals surface area contributed by atoms with E-state index in [9.17, 15) is 0 Å². The molecule has 0 saturated heterocycles. The van der Waals surface area contributed by atoms with E-state index in [-0.39, 0.29) is 6.04 Å². The molecule has 21 heavy (non-hydrogen) atoms. The molecular formula is C19H20N2. The highest BCUT2D eigenvalue weighted by Crippen LogP contribution is 2.26. The lowest BCUT2D eigenvalue weighted by atomic mass is 9.95. The van der Waals surface area contributed by atoms with Crippen molar-refractivity contribution in [2.45, 2.75) is 19.4 Å². The lowest BCUT2D eigenvalue weighted by Gasteiger charge is -2.19. The van der Waals surface area contributed by atoms with Crippen molar-refractivity contribution in [3.05, 3.63) is 77.6 Å². The summed E-state index contributed by atoms with van der Waals surface area (Å²) in [6.07, 6.45) is 2.77. The van der Waals surface area contributed by atoms with Crippen molar-refractivity contribution in [1.82, 2.24) is 10.3 Å². The zero-order valence-electron chi connectivity index (χ0n) is 12.5. The average Bonchev–Trinajstić information content (AvgIpc) is 2.54. The first-order chi connectivity index (χ1) is 10.3. The van der Waals surface area contributed by atoms with Gasteiger partial charge in [0.1, 0.15) is 0 Å². The second-order valence-corrected chi connectivity index (χ2v) is 5.38. The minimum atomic E-state index is 0.268. The van der Waals surface area contributed by atoms with Crippen LogP contribution in [0, 0.1) is 6.92 Å². The Labute approximate surface area is 125 Å². The SMILES string of the molecule is CNC(Cc1ncccc1C)c1cccc2ccccc12. The van der Waals surface area contributed by atoms with E-state index in [2.05, 4.69) is 65.8 Å². The Morgan fingerprint density at radius 2 is 1.81 bits per heavy atom. The van der Waals surface area contributed by atoms with Gasteiger partial charge >= 0.3 is 0 Å². The molecule has 0 spiro atoms. The van der Waals surface area contributed by atoms with Gasteiger partial charge in [0.2, 0.25) is 0 Å². The summed E-state index contributed by atoms with van der Waals surface area (Å²) in [7, 11) is 2.02. The van der Waals surface area contributed by atoms with Crippen LogP contribution in [0.2, 0.25) is 0 Å². The van der Waals surface area contributed by atoms with E-state index >= 15 is 0 Å². The summed E-state index contributed by atoms with van der Waals surface area (Å²) in [6, 6.07) is 19.4. The Balaban J connectivity index is 2.01. The van der Waals surface area contributed by atoms with Crippen molar-refractivity contribution in [3.63, 3.8) is 0 Å². The zero-order valence-corrected chi connectivity index (χ0v) is 12.5. The van der Waals surface area contributed by atoms with Crippen LogP contribution in [0.25, 0.3) is 10.8 Å². The van der Waals surface area contributed by atoms with Gasteiger partial charge in [0, 0.05) is 24.4 Å². The first-order valence-corrected chi connectivity index (χ1v) is 7.35. The second kappa shape index (κ2) is 6.06. The summed E-state index contributed by atoms with van der Waals surface area (Å²) < 4.78 is 0. The molecule has 0 aliphatic rings. The third-order valence-electron chi connectivity index (χ3n) is 4.06. The summed E-state index contributed by atoms with van der Waals surface area (Å²) in [5.41, 5.74) is 3.74. The van der Waals surface area contributed by atoms with Crippen LogP contribution in [0.3, 0.4) is 0 Å². The lowest BCUT2D eigenvalue weighted by molar-refractivity contribution is 0.586. The number of aryl methyl sites for hydroxylation is 1. The quantitative estimate of drug-likeness (QED) is 0.777. The number of benzene rings is 2. The predicted molar refractivity (Wildman–Crippen MR) is 88.4 cm³/mol. The van der Waals surface area contributed by atoms with Gasteiger partial charge in [-0.2, -0.15) is 0 Å². The van der Waals surface area contributed by atoms with E-state index in [1.165, 1.54) is 21.9 Å². The van der Waals surface area contributed by atoms with Crippen LogP contribution in [0.1, 0.15) is 22.9 Å². The van der Waals surface area contributed by atoms with Crippen LogP contribution < -0.4 is 5.32 Å². The number of hydrogen-bond acceptors (Lipinski definition) is 2. The molecule has 2 aromatic carbocycles. The smallest absolute Gasteiger partial charge is 0.0451 e. The minimum absolute atomic E-state index is 0.268. The van der Waals surface area contributed by atoms with E-state index in [0.29, 0.717) is 0 Å². The molecule has 0 amide bonds. The zero-order chi connectivity index (χ0) is 14.7. The number of hydrogen-bond donors (Lipinski definition) is 1. The van der Waals surface area contributed by atoms with Crippen LogP contribution in [0.4, 0.5) is 0 Å². The van der Waals surface area contributed by atoms with Gasteiger partial charge in [0.15, 0.2) is 0 Å². The van der Waals surface area contributed by atoms with E-state index in [0.717, 1.165) is 12.1 Å². The molecule has 0 fully saturated rings. The maximum absolute atomic E-state index is 4.53. The van der Waals surface area contributed by atoms with Gasteiger partial charge in [0.25, 0.3) is 0 Å². The molecule has 0 bridgehead atoms. The van der Waals surface area contributed by atoms with Gasteiger partial charge in [-0.25, -0.2) is 0 Å². The molecular weight excluding hydrogens is 256 g/mol. The summed E-state index contributed by atoms with van der Waals surface area (Å²) in [5, 5.41) is 6.04. The molecule has 1 atom stereocenters. The van der Waals surface area contributed by atoms with Crippen LogP contribution in [-0.4, -0.2) is 12.0 Å². The molecule has 0 aliphatic heterocycles. The minimum Gasteiger partial charge on any atom is -0.313 e. The van der Waals surface area contributed by atoms with Gasteiger partial charge < -0.3 is 5.32 Å². The van der Waals surface area contributed by atoms with Crippen molar-refractivity contribution < 1.29 is 0 Å². The number of rotatable bonds is 4. The average molecular weight is 276 g/mol. The standard InChI is InChI=1S/C19H20N2/c1-14-7-6-12-21-18(14)13-19(20-2)17-11-5-9-15-8-3-4-10-16(15)17/h3-12,19-20H,13H2,1-2H3. The van der Waals surface area contributed by atoms with Gasteiger partial charge in [0.05, 0.1) is 0 Å². The van der Waals surface area contributed by atoms with Crippen molar-refractivity contribution in [2.75, 3.05) is 7.05 Å².